The molecule has 2 aromatic carbocycles. The lowest BCUT2D eigenvalue weighted by molar-refractivity contribution is -0.124. The number of unbranched alkanes of at least 4 members (excludes halogenated alkanes) is 1. The number of anilines is 2. The van der Waals surface area contributed by atoms with Gasteiger partial charge in [0.05, 0.1) is 29.7 Å². The number of hydrogen-bond donors (Lipinski definition) is 1. The molecule has 2 saturated carbocycles. The van der Waals surface area contributed by atoms with Gasteiger partial charge in [0.15, 0.2) is 0 Å². The van der Waals surface area contributed by atoms with Crippen LogP contribution in [-0.4, -0.2) is 30.3 Å². The van der Waals surface area contributed by atoms with Crippen LogP contribution in [0.4, 0.5) is 11.4 Å². The third kappa shape index (κ3) is 3.65. The summed E-state index contributed by atoms with van der Waals surface area (Å²) >= 11 is 0. The van der Waals surface area contributed by atoms with Gasteiger partial charge in [-0.2, -0.15) is 0 Å². The number of allylic oxidation sites excluding steroid dienone is 2. The number of nitrogens with zero attached hydrogens (tertiary/aromatic N) is 1. The molecule has 0 aromatic heterocycles. The standard InChI is InChI=1S/C29H28N2O5/c1-2-3-13-36-29(35)17-5-4-6-18(14-17)30-26(32)16-7-9-19(10-8-16)31-27(33)24-20-11-12-21(23-15-22(20)23)25(24)28(31)34/h4-12,14,20-25H,2-3,13,15H2,1H3,(H,30,32)/t20-,21-,22-,23-,24-,25+/m0/s1. The van der Waals surface area contributed by atoms with Crippen LogP contribution in [0.15, 0.2) is 60.7 Å². The number of hydrogen-bond acceptors (Lipinski definition) is 5. The van der Waals surface area contributed by atoms with Crippen molar-refractivity contribution in [2.45, 2.75) is 26.2 Å². The fraction of sp³-hybridized carbons (Fsp3) is 0.379. The lowest BCUT2D eigenvalue weighted by Crippen LogP contribution is -2.40. The number of imide groups is 1. The summed E-state index contributed by atoms with van der Waals surface area (Å²) in [5.41, 5.74) is 1.73. The second-order valence-electron chi connectivity index (χ2n) is 10.2. The summed E-state index contributed by atoms with van der Waals surface area (Å²) in [5, 5.41) is 2.80. The van der Waals surface area contributed by atoms with E-state index < -0.39 is 5.97 Å². The first-order valence-electron chi connectivity index (χ1n) is 12.7. The minimum Gasteiger partial charge on any atom is -0.462 e. The van der Waals surface area contributed by atoms with E-state index in [0.717, 1.165) is 19.3 Å². The molecule has 1 heterocycles. The highest BCUT2D eigenvalue weighted by atomic mass is 16.5. The molecule has 6 atom stereocenters. The Morgan fingerprint density at radius 2 is 1.61 bits per heavy atom. The Hall–Kier alpha value is -3.74. The Morgan fingerprint density at radius 1 is 0.944 bits per heavy atom. The fourth-order valence-electron chi connectivity index (χ4n) is 6.29. The normalized spacial score (nSPS) is 29.1. The third-order valence-corrected chi connectivity index (χ3v) is 8.14. The maximum atomic E-state index is 13.3. The zero-order valence-corrected chi connectivity index (χ0v) is 20.1. The van der Waals surface area contributed by atoms with Crippen LogP contribution in [0.25, 0.3) is 0 Å². The predicted octanol–water partition coefficient (Wildman–Crippen LogP) is 4.45. The van der Waals surface area contributed by atoms with Gasteiger partial charge in [-0.25, -0.2) is 4.79 Å². The van der Waals surface area contributed by atoms with E-state index in [1.807, 2.05) is 6.92 Å². The van der Waals surface area contributed by atoms with Gasteiger partial charge in [-0.1, -0.05) is 31.6 Å². The summed E-state index contributed by atoms with van der Waals surface area (Å²) in [6.07, 6.45) is 7.17. The molecule has 7 heteroatoms. The van der Waals surface area contributed by atoms with Gasteiger partial charge in [0, 0.05) is 11.3 Å². The number of benzene rings is 2. The second kappa shape index (κ2) is 8.73. The Balaban J connectivity index is 1.14. The highest BCUT2D eigenvalue weighted by molar-refractivity contribution is 6.22. The van der Waals surface area contributed by atoms with Gasteiger partial charge in [0.1, 0.15) is 0 Å². The molecule has 1 saturated heterocycles. The summed E-state index contributed by atoms with van der Waals surface area (Å²) < 4.78 is 5.24. The van der Waals surface area contributed by atoms with Crippen molar-refractivity contribution in [3.05, 3.63) is 71.8 Å². The zero-order valence-electron chi connectivity index (χ0n) is 20.1. The smallest absolute Gasteiger partial charge is 0.338 e. The molecule has 4 aliphatic carbocycles. The van der Waals surface area contributed by atoms with Crippen LogP contribution >= 0.6 is 0 Å². The molecule has 184 valence electrons. The van der Waals surface area contributed by atoms with Crippen molar-refractivity contribution in [2.75, 3.05) is 16.8 Å². The number of esters is 1. The van der Waals surface area contributed by atoms with E-state index in [0.29, 0.717) is 40.9 Å². The molecule has 7 nitrogen and oxygen atoms in total. The van der Waals surface area contributed by atoms with E-state index in [1.54, 1.807) is 48.5 Å². The highest BCUT2D eigenvalue weighted by Crippen LogP contribution is 2.65. The molecule has 2 bridgehead atoms. The molecule has 3 fully saturated rings. The molecule has 0 unspecified atom stereocenters. The van der Waals surface area contributed by atoms with Gasteiger partial charge >= 0.3 is 5.97 Å². The Morgan fingerprint density at radius 3 is 2.25 bits per heavy atom. The molecule has 1 aliphatic heterocycles. The number of nitrogens with one attached hydrogen (secondary N) is 1. The lowest BCUT2D eigenvalue weighted by atomic mass is 9.63. The van der Waals surface area contributed by atoms with Gasteiger partial charge in [-0.15, -0.1) is 0 Å². The van der Waals surface area contributed by atoms with Crippen LogP contribution in [0, 0.1) is 35.5 Å². The van der Waals surface area contributed by atoms with Gasteiger partial charge in [-0.05, 0) is 79.0 Å². The van der Waals surface area contributed by atoms with Crippen molar-refractivity contribution >= 4 is 35.1 Å². The molecule has 3 amide bonds. The molecule has 0 radical (unpaired) electrons. The number of amides is 3. The molecular formula is C29H28N2O5. The number of ether oxygens (including phenoxy) is 1. The van der Waals surface area contributed by atoms with E-state index in [9.17, 15) is 19.2 Å². The molecule has 0 spiro atoms. The predicted molar refractivity (Wildman–Crippen MR) is 133 cm³/mol. The molecule has 36 heavy (non-hydrogen) atoms. The van der Waals surface area contributed by atoms with Gasteiger partial charge in [-0.3, -0.25) is 19.3 Å². The number of carbonyl (C=O) groups excluding carboxylic acids is 4. The first kappa shape index (κ1) is 22.7. The van der Waals surface area contributed by atoms with E-state index in [1.165, 1.54) is 4.90 Å². The maximum absolute atomic E-state index is 13.3. The summed E-state index contributed by atoms with van der Waals surface area (Å²) in [6.45, 7) is 2.38. The van der Waals surface area contributed by atoms with E-state index >= 15 is 0 Å². The highest BCUT2D eigenvalue weighted by Gasteiger charge is 2.67. The van der Waals surface area contributed by atoms with Gasteiger partial charge in [0.25, 0.3) is 5.91 Å². The van der Waals surface area contributed by atoms with Crippen LogP contribution in [-0.2, 0) is 14.3 Å². The maximum Gasteiger partial charge on any atom is 0.338 e. The first-order valence-corrected chi connectivity index (χ1v) is 12.7. The van der Waals surface area contributed by atoms with Crippen LogP contribution in [0.3, 0.4) is 0 Å². The van der Waals surface area contributed by atoms with Crippen LogP contribution in [0.1, 0.15) is 46.9 Å². The molecular weight excluding hydrogens is 456 g/mol. The average molecular weight is 485 g/mol. The van der Waals surface area contributed by atoms with E-state index in [-0.39, 0.29) is 41.4 Å². The van der Waals surface area contributed by atoms with Crippen molar-refractivity contribution in [3.8, 4) is 0 Å². The van der Waals surface area contributed by atoms with E-state index in [4.69, 9.17) is 4.74 Å². The minimum atomic E-state index is -0.426. The van der Waals surface area contributed by atoms with Crippen molar-refractivity contribution < 1.29 is 23.9 Å². The van der Waals surface area contributed by atoms with Gasteiger partial charge < -0.3 is 10.1 Å². The summed E-state index contributed by atoms with van der Waals surface area (Å²) in [7, 11) is 0. The zero-order chi connectivity index (χ0) is 25.0. The van der Waals surface area contributed by atoms with Crippen LogP contribution in [0.2, 0.25) is 0 Å². The second-order valence-corrected chi connectivity index (χ2v) is 10.2. The number of carbonyl (C=O) groups is 4. The minimum absolute atomic E-state index is 0.116. The van der Waals surface area contributed by atoms with E-state index in [2.05, 4.69) is 17.5 Å². The summed E-state index contributed by atoms with van der Waals surface area (Å²) in [6, 6.07) is 13.1. The lowest BCUT2D eigenvalue weighted by Gasteiger charge is -2.37. The summed E-state index contributed by atoms with van der Waals surface area (Å²) in [5.74, 6) is -0.0447. The SMILES string of the molecule is CCCCOC(=O)c1cccc(NC(=O)c2ccc(N3C(=O)[C@@H]4[C@H]5C=C[C@@H]([C@@H]6C[C@@H]56)[C@@H]4C3=O)cc2)c1. The van der Waals surface area contributed by atoms with Crippen molar-refractivity contribution in [1.29, 1.82) is 0 Å². The Bertz CT molecular complexity index is 1250. The molecule has 7 rings (SSSR count). The van der Waals surface area contributed by atoms with Crippen molar-refractivity contribution in [2.24, 2.45) is 35.5 Å². The Labute approximate surface area is 209 Å². The van der Waals surface area contributed by atoms with Crippen molar-refractivity contribution in [3.63, 3.8) is 0 Å². The topological polar surface area (TPSA) is 92.8 Å². The van der Waals surface area contributed by atoms with Crippen LogP contribution < -0.4 is 10.2 Å². The van der Waals surface area contributed by atoms with Crippen molar-refractivity contribution in [1.82, 2.24) is 0 Å². The molecule has 1 N–H and O–H groups in total. The largest absolute Gasteiger partial charge is 0.462 e. The monoisotopic (exact) mass is 484 g/mol. The van der Waals surface area contributed by atoms with Crippen LogP contribution in [0.5, 0.6) is 0 Å². The molecule has 5 aliphatic rings. The average Bonchev–Trinajstić information content (AvgIpc) is 3.67. The molecule has 2 aromatic rings. The summed E-state index contributed by atoms with van der Waals surface area (Å²) in [4.78, 5) is 52.9. The first-order chi connectivity index (χ1) is 17.5. The quantitative estimate of drug-likeness (QED) is 0.271. The van der Waals surface area contributed by atoms with Gasteiger partial charge in [0.2, 0.25) is 11.8 Å². The fourth-order valence-corrected chi connectivity index (χ4v) is 6.29. The Kier molecular flexibility index (Phi) is 5.51. The third-order valence-electron chi connectivity index (χ3n) is 8.14. The number of rotatable bonds is 7.